The normalized spacial score (nSPS) is 10.2. The van der Waals surface area contributed by atoms with Crippen molar-refractivity contribution < 1.29 is 18.7 Å². The van der Waals surface area contributed by atoms with Crippen LogP contribution >= 0.6 is 0 Å². The lowest BCUT2D eigenvalue weighted by Gasteiger charge is -2.11. The summed E-state index contributed by atoms with van der Waals surface area (Å²) in [4.78, 5) is 12.1. The van der Waals surface area contributed by atoms with E-state index in [1.54, 1.807) is 30.3 Å². The molecular weight excluding hydrogens is 359 g/mol. The molecule has 0 aromatic heterocycles. The number of rotatable bonds is 9. The van der Waals surface area contributed by atoms with Crippen LogP contribution in [0.2, 0.25) is 0 Å². The van der Waals surface area contributed by atoms with Gasteiger partial charge in [-0.2, -0.15) is 0 Å². The highest BCUT2D eigenvalue weighted by molar-refractivity contribution is 5.93. The topological polar surface area (TPSA) is 59.6 Å². The zero-order chi connectivity index (χ0) is 19.6. The first-order valence-corrected chi connectivity index (χ1v) is 8.89. The van der Waals surface area contributed by atoms with Crippen LogP contribution in [0, 0.1) is 5.82 Å². The van der Waals surface area contributed by atoms with Crippen LogP contribution < -0.4 is 20.1 Å². The van der Waals surface area contributed by atoms with Crippen molar-refractivity contribution in [3.05, 3.63) is 84.7 Å². The highest BCUT2D eigenvalue weighted by Gasteiger charge is 2.04. The number of carbonyl (C=O) groups is 1. The van der Waals surface area contributed by atoms with Crippen LogP contribution in [0.3, 0.4) is 0 Å². The van der Waals surface area contributed by atoms with Crippen molar-refractivity contribution in [2.24, 2.45) is 0 Å². The smallest absolute Gasteiger partial charge is 0.243 e. The SMILES string of the molecule is O=C(CNc1ccc(F)cc1)Nc1cccc(OCCOc2ccccc2)c1. The number of hydrogen-bond acceptors (Lipinski definition) is 4. The third-order valence-corrected chi connectivity index (χ3v) is 3.78. The predicted octanol–water partition coefficient (Wildman–Crippen LogP) is 4.33. The fourth-order valence-corrected chi connectivity index (χ4v) is 2.45. The predicted molar refractivity (Wildman–Crippen MR) is 107 cm³/mol. The summed E-state index contributed by atoms with van der Waals surface area (Å²) in [5.41, 5.74) is 1.31. The van der Waals surface area contributed by atoms with Gasteiger partial charge in [-0.1, -0.05) is 24.3 Å². The summed E-state index contributed by atoms with van der Waals surface area (Å²) in [5, 5.41) is 5.73. The zero-order valence-electron chi connectivity index (χ0n) is 15.2. The molecule has 0 fully saturated rings. The molecule has 0 atom stereocenters. The second-order valence-corrected chi connectivity index (χ2v) is 5.95. The number of para-hydroxylation sites is 1. The van der Waals surface area contributed by atoms with Gasteiger partial charge in [0.15, 0.2) is 0 Å². The van der Waals surface area contributed by atoms with E-state index in [-0.39, 0.29) is 18.3 Å². The summed E-state index contributed by atoms with van der Waals surface area (Å²) in [6.07, 6.45) is 0. The van der Waals surface area contributed by atoms with Crippen molar-refractivity contribution in [2.45, 2.75) is 0 Å². The number of nitrogens with one attached hydrogen (secondary N) is 2. The Bertz CT molecular complexity index is 886. The van der Waals surface area contributed by atoms with Crippen LogP contribution in [0.15, 0.2) is 78.9 Å². The first-order valence-electron chi connectivity index (χ1n) is 8.89. The highest BCUT2D eigenvalue weighted by Crippen LogP contribution is 2.17. The van der Waals surface area contributed by atoms with Gasteiger partial charge in [-0.15, -0.1) is 0 Å². The molecule has 3 rings (SSSR count). The van der Waals surface area contributed by atoms with Crippen LogP contribution in [0.5, 0.6) is 11.5 Å². The van der Waals surface area contributed by atoms with Crippen LogP contribution in [-0.2, 0) is 4.79 Å². The Hall–Kier alpha value is -3.54. The number of ether oxygens (including phenoxy) is 2. The third-order valence-electron chi connectivity index (χ3n) is 3.78. The average Bonchev–Trinajstić information content (AvgIpc) is 2.72. The molecule has 0 aliphatic heterocycles. The van der Waals surface area contributed by atoms with Gasteiger partial charge >= 0.3 is 0 Å². The second kappa shape index (κ2) is 9.97. The number of amides is 1. The summed E-state index contributed by atoms with van der Waals surface area (Å²) in [6, 6.07) is 22.5. The number of carbonyl (C=O) groups excluding carboxylic acids is 1. The Morgan fingerprint density at radius 3 is 2.21 bits per heavy atom. The van der Waals surface area contributed by atoms with Crippen molar-refractivity contribution in [3.8, 4) is 11.5 Å². The van der Waals surface area contributed by atoms with Crippen molar-refractivity contribution >= 4 is 17.3 Å². The van der Waals surface area contributed by atoms with Crippen LogP contribution in [0.4, 0.5) is 15.8 Å². The Labute approximate surface area is 163 Å². The second-order valence-electron chi connectivity index (χ2n) is 5.95. The van der Waals surface area contributed by atoms with Crippen molar-refractivity contribution in [1.82, 2.24) is 0 Å². The van der Waals surface area contributed by atoms with Gasteiger partial charge < -0.3 is 20.1 Å². The fourth-order valence-electron chi connectivity index (χ4n) is 2.45. The van der Waals surface area contributed by atoms with Crippen LogP contribution in [0.1, 0.15) is 0 Å². The van der Waals surface area contributed by atoms with Gasteiger partial charge in [-0.25, -0.2) is 4.39 Å². The minimum Gasteiger partial charge on any atom is -0.490 e. The molecule has 0 unspecified atom stereocenters. The third kappa shape index (κ3) is 6.32. The summed E-state index contributed by atoms with van der Waals surface area (Å²) < 4.78 is 24.1. The van der Waals surface area contributed by atoms with Gasteiger partial charge in [-0.3, -0.25) is 4.79 Å². The molecule has 0 heterocycles. The molecule has 144 valence electrons. The molecule has 1 amide bonds. The van der Waals surface area contributed by atoms with Gasteiger partial charge in [0.05, 0.1) is 6.54 Å². The van der Waals surface area contributed by atoms with Crippen LogP contribution in [-0.4, -0.2) is 25.7 Å². The molecule has 3 aromatic carbocycles. The number of anilines is 2. The zero-order valence-corrected chi connectivity index (χ0v) is 15.2. The van der Waals surface area contributed by atoms with E-state index in [2.05, 4.69) is 10.6 Å². The van der Waals surface area contributed by atoms with Gasteiger partial charge in [0.2, 0.25) is 5.91 Å². The van der Waals surface area contributed by atoms with E-state index in [1.807, 2.05) is 36.4 Å². The molecule has 0 bridgehead atoms. The fraction of sp³-hybridized carbons (Fsp3) is 0.136. The van der Waals surface area contributed by atoms with Crippen molar-refractivity contribution in [3.63, 3.8) is 0 Å². The van der Waals surface area contributed by atoms with E-state index in [0.717, 1.165) is 5.75 Å². The van der Waals surface area contributed by atoms with Crippen LogP contribution in [0.25, 0.3) is 0 Å². The van der Waals surface area contributed by atoms with E-state index < -0.39 is 0 Å². The summed E-state index contributed by atoms with van der Waals surface area (Å²) in [5.74, 6) is 0.900. The summed E-state index contributed by atoms with van der Waals surface area (Å²) in [7, 11) is 0. The summed E-state index contributed by atoms with van der Waals surface area (Å²) >= 11 is 0. The number of benzene rings is 3. The minimum absolute atomic E-state index is 0.0711. The minimum atomic E-state index is -0.319. The molecule has 0 aliphatic carbocycles. The molecule has 5 nitrogen and oxygen atoms in total. The number of halogens is 1. The maximum atomic E-state index is 12.9. The molecule has 6 heteroatoms. The Morgan fingerprint density at radius 1 is 0.786 bits per heavy atom. The lowest BCUT2D eigenvalue weighted by atomic mass is 10.3. The van der Waals surface area contributed by atoms with E-state index in [9.17, 15) is 9.18 Å². The van der Waals surface area contributed by atoms with Gasteiger partial charge in [-0.05, 0) is 48.5 Å². The van der Waals surface area contributed by atoms with E-state index >= 15 is 0 Å². The molecular formula is C22H21FN2O3. The molecule has 28 heavy (non-hydrogen) atoms. The van der Waals surface area contributed by atoms with Gasteiger partial charge in [0.1, 0.15) is 30.5 Å². The molecule has 0 aliphatic rings. The monoisotopic (exact) mass is 380 g/mol. The maximum Gasteiger partial charge on any atom is 0.243 e. The van der Waals surface area contributed by atoms with Crippen molar-refractivity contribution in [2.75, 3.05) is 30.4 Å². The summed E-state index contributed by atoms with van der Waals surface area (Å²) in [6.45, 7) is 0.877. The standard InChI is InChI=1S/C22H21FN2O3/c23-17-9-11-18(12-10-17)24-16-22(26)25-19-5-4-8-21(15-19)28-14-13-27-20-6-2-1-3-7-20/h1-12,15,24H,13-14,16H2,(H,25,26). The first kappa shape index (κ1) is 19.2. The molecule has 2 N–H and O–H groups in total. The number of hydrogen-bond donors (Lipinski definition) is 2. The molecule has 0 spiro atoms. The largest absolute Gasteiger partial charge is 0.490 e. The molecule has 0 saturated carbocycles. The van der Waals surface area contributed by atoms with Gasteiger partial charge in [0, 0.05) is 17.4 Å². The van der Waals surface area contributed by atoms with E-state index in [4.69, 9.17) is 9.47 Å². The average molecular weight is 380 g/mol. The van der Waals surface area contributed by atoms with Crippen molar-refractivity contribution in [1.29, 1.82) is 0 Å². The molecule has 3 aromatic rings. The van der Waals surface area contributed by atoms with Gasteiger partial charge in [0.25, 0.3) is 0 Å². The Morgan fingerprint density at radius 2 is 1.46 bits per heavy atom. The highest BCUT2D eigenvalue weighted by atomic mass is 19.1. The van der Waals surface area contributed by atoms with E-state index in [1.165, 1.54) is 12.1 Å². The quantitative estimate of drug-likeness (QED) is 0.543. The lowest BCUT2D eigenvalue weighted by molar-refractivity contribution is -0.114. The molecule has 0 saturated heterocycles. The maximum absolute atomic E-state index is 12.9. The lowest BCUT2D eigenvalue weighted by Crippen LogP contribution is -2.21. The Balaban J connectivity index is 1.42. The Kier molecular flexibility index (Phi) is 6.84. The van der Waals surface area contributed by atoms with E-state index in [0.29, 0.717) is 30.3 Å². The molecule has 0 radical (unpaired) electrons. The first-order chi connectivity index (χ1) is 13.7.